The molecule has 2 atom stereocenters. The molecule has 2 heterocycles. The van der Waals surface area contributed by atoms with Crippen molar-refractivity contribution in [1.29, 1.82) is 0 Å². The second kappa shape index (κ2) is 4.97. The molecule has 0 fully saturated rings. The zero-order valence-corrected chi connectivity index (χ0v) is 10.9. The second-order valence-corrected chi connectivity index (χ2v) is 5.02. The van der Waals surface area contributed by atoms with Gasteiger partial charge in [0.1, 0.15) is 11.9 Å². The van der Waals surface area contributed by atoms with Gasteiger partial charge in [0, 0.05) is 12.6 Å². The quantitative estimate of drug-likeness (QED) is 0.823. The maximum atomic E-state index is 12.4. The van der Waals surface area contributed by atoms with Gasteiger partial charge in [-0.1, -0.05) is 19.9 Å². The lowest BCUT2D eigenvalue weighted by atomic mass is 10.0. The predicted molar refractivity (Wildman–Crippen MR) is 69.7 cm³/mol. The van der Waals surface area contributed by atoms with Crippen molar-refractivity contribution >= 4 is 17.7 Å². The Hall–Kier alpha value is -1.95. The molecule has 1 amide bonds. The number of carboxylic acids is 1. The van der Waals surface area contributed by atoms with E-state index in [1.54, 1.807) is 18.3 Å². The highest BCUT2D eigenvalue weighted by Crippen LogP contribution is 2.30. The topological polar surface area (TPSA) is 96.5 Å². The van der Waals surface area contributed by atoms with Crippen LogP contribution < -0.4 is 10.6 Å². The van der Waals surface area contributed by atoms with Gasteiger partial charge < -0.3 is 10.8 Å². The molecule has 1 unspecified atom stereocenters. The Morgan fingerprint density at radius 2 is 2.21 bits per heavy atom. The first-order chi connectivity index (χ1) is 8.93. The minimum absolute atomic E-state index is 0.0605. The SMILES string of the molecule is CC(C)[C@H](N)C(=O)N1c2ncccc2CC1C(=O)O. The van der Waals surface area contributed by atoms with E-state index >= 15 is 0 Å². The number of anilines is 1. The van der Waals surface area contributed by atoms with Crippen LogP contribution in [0, 0.1) is 5.92 Å². The number of pyridine rings is 1. The smallest absolute Gasteiger partial charge is 0.327 e. The number of carboxylic acid groups (broad SMARTS) is 1. The maximum Gasteiger partial charge on any atom is 0.327 e. The number of nitrogens with zero attached hydrogens (tertiary/aromatic N) is 2. The van der Waals surface area contributed by atoms with E-state index in [9.17, 15) is 14.7 Å². The molecular weight excluding hydrogens is 246 g/mol. The summed E-state index contributed by atoms with van der Waals surface area (Å²) in [5.41, 5.74) is 6.61. The molecule has 0 bridgehead atoms. The van der Waals surface area contributed by atoms with Gasteiger partial charge in [-0.15, -0.1) is 0 Å². The first-order valence-corrected chi connectivity index (χ1v) is 6.18. The van der Waals surface area contributed by atoms with Gasteiger partial charge >= 0.3 is 5.97 Å². The lowest BCUT2D eigenvalue weighted by Crippen LogP contribution is -2.52. The number of aliphatic carboxylic acids is 1. The monoisotopic (exact) mass is 263 g/mol. The fourth-order valence-electron chi connectivity index (χ4n) is 2.16. The van der Waals surface area contributed by atoms with Crippen LogP contribution in [0.1, 0.15) is 19.4 Å². The van der Waals surface area contributed by atoms with E-state index in [4.69, 9.17) is 5.73 Å². The van der Waals surface area contributed by atoms with Crippen LogP contribution in [-0.4, -0.2) is 34.1 Å². The fourth-order valence-corrected chi connectivity index (χ4v) is 2.16. The Kier molecular flexibility index (Phi) is 3.53. The third kappa shape index (κ3) is 2.31. The molecule has 0 spiro atoms. The number of amides is 1. The molecule has 1 aliphatic rings. The summed E-state index contributed by atoms with van der Waals surface area (Å²) < 4.78 is 0. The molecule has 0 aliphatic carbocycles. The van der Waals surface area contributed by atoms with E-state index in [1.165, 1.54) is 4.90 Å². The average molecular weight is 263 g/mol. The highest BCUT2D eigenvalue weighted by molar-refractivity contribution is 6.03. The van der Waals surface area contributed by atoms with Gasteiger partial charge in [0.2, 0.25) is 5.91 Å². The van der Waals surface area contributed by atoms with Crippen LogP contribution in [-0.2, 0) is 16.0 Å². The van der Waals surface area contributed by atoms with E-state index in [1.807, 2.05) is 13.8 Å². The van der Waals surface area contributed by atoms with Crippen LogP contribution in [0.25, 0.3) is 0 Å². The number of hydrogen-bond acceptors (Lipinski definition) is 4. The van der Waals surface area contributed by atoms with Gasteiger partial charge in [-0.2, -0.15) is 0 Å². The average Bonchev–Trinajstić information content (AvgIpc) is 2.76. The van der Waals surface area contributed by atoms with E-state index in [0.29, 0.717) is 5.82 Å². The molecule has 0 radical (unpaired) electrons. The van der Waals surface area contributed by atoms with Crippen molar-refractivity contribution < 1.29 is 14.7 Å². The molecule has 1 aromatic rings. The summed E-state index contributed by atoms with van der Waals surface area (Å²) in [5.74, 6) is -1.08. The zero-order valence-electron chi connectivity index (χ0n) is 10.9. The number of carbonyl (C=O) groups excluding carboxylic acids is 1. The Balaban J connectivity index is 2.39. The normalized spacial score (nSPS) is 19.4. The molecule has 1 aromatic heterocycles. The molecule has 3 N–H and O–H groups in total. The van der Waals surface area contributed by atoms with Crippen LogP contribution in [0.15, 0.2) is 18.3 Å². The van der Waals surface area contributed by atoms with Gasteiger partial charge in [-0.3, -0.25) is 9.69 Å². The second-order valence-electron chi connectivity index (χ2n) is 5.02. The van der Waals surface area contributed by atoms with Crippen molar-refractivity contribution in [1.82, 2.24) is 4.98 Å². The summed E-state index contributed by atoms with van der Waals surface area (Å²) in [6.45, 7) is 3.65. The molecule has 0 saturated carbocycles. The molecule has 1 aliphatic heterocycles. The highest BCUT2D eigenvalue weighted by Gasteiger charge is 2.41. The first-order valence-electron chi connectivity index (χ1n) is 6.18. The minimum atomic E-state index is -1.04. The van der Waals surface area contributed by atoms with E-state index in [-0.39, 0.29) is 18.2 Å². The van der Waals surface area contributed by atoms with Crippen molar-refractivity contribution in [3.63, 3.8) is 0 Å². The Morgan fingerprint density at radius 3 is 2.79 bits per heavy atom. The Bertz CT molecular complexity index is 516. The van der Waals surface area contributed by atoms with Gasteiger partial charge in [0.15, 0.2) is 0 Å². The van der Waals surface area contributed by atoms with Gasteiger partial charge in [0.05, 0.1) is 6.04 Å². The summed E-state index contributed by atoms with van der Waals surface area (Å²) in [4.78, 5) is 29.0. The Labute approximate surface area is 111 Å². The van der Waals surface area contributed by atoms with E-state index in [2.05, 4.69) is 4.98 Å². The largest absolute Gasteiger partial charge is 0.480 e. The number of fused-ring (bicyclic) bond motifs is 1. The van der Waals surface area contributed by atoms with E-state index in [0.717, 1.165) is 5.56 Å². The van der Waals surface area contributed by atoms with Crippen LogP contribution in [0.5, 0.6) is 0 Å². The summed E-state index contributed by atoms with van der Waals surface area (Å²) in [7, 11) is 0. The Morgan fingerprint density at radius 1 is 1.53 bits per heavy atom. The minimum Gasteiger partial charge on any atom is -0.480 e. The summed E-state index contributed by atoms with van der Waals surface area (Å²) in [5, 5.41) is 9.26. The number of nitrogens with two attached hydrogens (primary N) is 1. The number of aromatic nitrogens is 1. The summed E-state index contributed by atoms with van der Waals surface area (Å²) in [6.07, 6.45) is 1.82. The maximum absolute atomic E-state index is 12.4. The molecule has 102 valence electrons. The standard InChI is InChI=1S/C13H17N3O3/c1-7(2)10(14)12(17)16-9(13(18)19)6-8-4-3-5-15-11(8)16/h3-5,7,9-10H,6,14H2,1-2H3,(H,18,19)/t9?,10-/m0/s1. The molecule has 19 heavy (non-hydrogen) atoms. The van der Waals surface area contributed by atoms with Gasteiger partial charge in [-0.25, -0.2) is 9.78 Å². The van der Waals surface area contributed by atoms with Crippen molar-refractivity contribution in [2.24, 2.45) is 11.7 Å². The molecule has 2 rings (SSSR count). The predicted octanol–water partition coefficient (Wildman–Crippen LogP) is 0.407. The summed E-state index contributed by atoms with van der Waals surface area (Å²) in [6, 6.07) is 1.87. The zero-order chi connectivity index (χ0) is 14.2. The van der Waals surface area contributed by atoms with E-state index < -0.39 is 18.1 Å². The number of rotatable bonds is 3. The number of carbonyl (C=O) groups is 2. The number of hydrogen-bond donors (Lipinski definition) is 2. The third-order valence-corrected chi connectivity index (χ3v) is 3.35. The third-order valence-electron chi connectivity index (χ3n) is 3.35. The molecule has 6 heteroatoms. The van der Waals surface area contributed by atoms with Crippen molar-refractivity contribution in [2.75, 3.05) is 4.90 Å². The molecular formula is C13H17N3O3. The van der Waals surface area contributed by atoms with Crippen molar-refractivity contribution in [2.45, 2.75) is 32.4 Å². The molecule has 6 nitrogen and oxygen atoms in total. The van der Waals surface area contributed by atoms with Gasteiger partial charge in [0.25, 0.3) is 0 Å². The summed E-state index contributed by atoms with van der Waals surface area (Å²) >= 11 is 0. The van der Waals surface area contributed by atoms with Crippen molar-refractivity contribution in [3.05, 3.63) is 23.9 Å². The lowest BCUT2D eigenvalue weighted by Gasteiger charge is -2.26. The van der Waals surface area contributed by atoms with Crippen LogP contribution in [0.3, 0.4) is 0 Å². The van der Waals surface area contributed by atoms with Gasteiger partial charge in [-0.05, 0) is 17.5 Å². The van der Waals surface area contributed by atoms with Crippen LogP contribution in [0.2, 0.25) is 0 Å². The molecule has 0 saturated heterocycles. The highest BCUT2D eigenvalue weighted by atomic mass is 16.4. The van der Waals surface area contributed by atoms with Crippen LogP contribution in [0.4, 0.5) is 5.82 Å². The first kappa shape index (κ1) is 13.5. The molecule has 0 aromatic carbocycles. The fraction of sp³-hybridized carbons (Fsp3) is 0.462. The van der Waals surface area contributed by atoms with Crippen molar-refractivity contribution in [3.8, 4) is 0 Å². The van der Waals surface area contributed by atoms with Crippen LogP contribution >= 0.6 is 0 Å². The lowest BCUT2D eigenvalue weighted by molar-refractivity contribution is -0.140.